The lowest BCUT2D eigenvalue weighted by Crippen LogP contribution is -2.42. The molecule has 1 atom stereocenters. The van der Waals surface area contributed by atoms with Crippen LogP contribution in [0, 0.1) is 6.92 Å². The van der Waals surface area contributed by atoms with Crippen molar-refractivity contribution in [1.29, 1.82) is 0 Å². The Morgan fingerprint density at radius 1 is 1.39 bits per heavy atom. The molecule has 0 fully saturated rings. The third-order valence-corrected chi connectivity index (χ3v) is 3.67. The summed E-state index contributed by atoms with van der Waals surface area (Å²) in [6.45, 7) is 5.33. The number of amides is 2. The van der Waals surface area contributed by atoms with E-state index < -0.39 is 0 Å². The summed E-state index contributed by atoms with van der Waals surface area (Å²) >= 11 is 0. The Hall–Kier alpha value is -2.08. The first-order valence-electron chi connectivity index (χ1n) is 7.84. The Bertz CT molecular complexity index is 574. The van der Waals surface area contributed by atoms with Crippen LogP contribution in [0.25, 0.3) is 0 Å². The lowest BCUT2D eigenvalue weighted by atomic mass is 10.1. The van der Waals surface area contributed by atoms with Gasteiger partial charge in [0.1, 0.15) is 11.9 Å². The summed E-state index contributed by atoms with van der Waals surface area (Å²) < 4.78 is 10.6. The summed E-state index contributed by atoms with van der Waals surface area (Å²) in [5.74, 6) is 0.516. The van der Waals surface area contributed by atoms with E-state index in [0.717, 1.165) is 11.3 Å². The van der Waals surface area contributed by atoms with Crippen molar-refractivity contribution in [3.05, 3.63) is 23.8 Å². The van der Waals surface area contributed by atoms with Crippen molar-refractivity contribution < 1.29 is 19.1 Å². The number of hydrogen-bond donors (Lipinski definition) is 1. The van der Waals surface area contributed by atoms with Crippen LogP contribution >= 0.6 is 0 Å². The highest BCUT2D eigenvalue weighted by Crippen LogP contribution is 2.34. The first-order valence-corrected chi connectivity index (χ1v) is 7.84. The van der Waals surface area contributed by atoms with E-state index in [1.807, 2.05) is 32.0 Å². The molecule has 1 aromatic rings. The molecule has 1 aromatic carbocycles. The maximum absolute atomic E-state index is 12.5. The summed E-state index contributed by atoms with van der Waals surface area (Å²) in [5.41, 5.74) is 1.85. The monoisotopic (exact) mass is 320 g/mol. The number of anilines is 1. The van der Waals surface area contributed by atoms with Gasteiger partial charge in [0, 0.05) is 26.5 Å². The summed E-state index contributed by atoms with van der Waals surface area (Å²) in [4.78, 5) is 25.9. The van der Waals surface area contributed by atoms with Crippen molar-refractivity contribution in [1.82, 2.24) is 5.32 Å². The highest BCUT2D eigenvalue weighted by molar-refractivity contribution is 5.97. The second kappa shape index (κ2) is 7.97. The molecule has 0 radical (unpaired) electrons. The molecule has 0 spiro atoms. The van der Waals surface area contributed by atoms with Crippen LogP contribution in [-0.4, -0.2) is 44.7 Å². The van der Waals surface area contributed by atoms with Crippen LogP contribution in [0.5, 0.6) is 5.75 Å². The first kappa shape index (κ1) is 17.3. The minimum atomic E-state index is -0.138. The second-order valence-electron chi connectivity index (χ2n) is 5.75. The Kier molecular flexibility index (Phi) is 5.98. The van der Waals surface area contributed by atoms with Crippen LogP contribution in [0.15, 0.2) is 18.2 Å². The summed E-state index contributed by atoms with van der Waals surface area (Å²) in [6.07, 6.45) is 0.290. The van der Waals surface area contributed by atoms with Crippen LogP contribution in [-0.2, 0) is 14.3 Å². The highest BCUT2D eigenvalue weighted by atomic mass is 16.5. The van der Waals surface area contributed by atoms with Gasteiger partial charge in [0.2, 0.25) is 11.8 Å². The average Bonchev–Trinajstić information content (AvgIpc) is 2.52. The summed E-state index contributed by atoms with van der Waals surface area (Å²) in [7, 11) is 1.58. The lowest BCUT2D eigenvalue weighted by molar-refractivity contribution is -0.125. The fourth-order valence-corrected chi connectivity index (χ4v) is 2.52. The van der Waals surface area contributed by atoms with Gasteiger partial charge in [-0.15, -0.1) is 0 Å². The molecule has 23 heavy (non-hydrogen) atoms. The van der Waals surface area contributed by atoms with Crippen LogP contribution in [0.2, 0.25) is 0 Å². The molecule has 2 amide bonds. The third-order valence-electron chi connectivity index (χ3n) is 3.67. The molecular weight excluding hydrogens is 296 g/mol. The molecule has 0 bridgehead atoms. The number of nitrogens with zero attached hydrogens (tertiary/aromatic N) is 1. The molecule has 0 aliphatic carbocycles. The Labute approximate surface area is 136 Å². The summed E-state index contributed by atoms with van der Waals surface area (Å²) in [5, 5.41) is 2.72. The first-order chi connectivity index (χ1) is 11.0. The van der Waals surface area contributed by atoms with E-state index in [-0.39, 0.29) is 30.8 Å². The van der Waals surface area contributed by atoms with Gasteiger partial charge in [-0.05, 0) is 31.5 Å². The number of ether oxygens (including phenoxy) is 2. The zero-order chi connectivity index (χ0) is 16.8. The van der Waals surface area contributed by atoms with Gasteiger partial charge in [0.25, 0.3) is 0 Å². The number of hydrogen-bond acceptors (Lipinski definition) is 4. The van der Waals surface area contributed by atoms with E-state index in [2.05, 4.69) is 5.32 Å². The van der Waals surface area contributed by atoms with Gasteiger partial charge in [0.05, 0.1) is 18.8 Å². The van der Waals surface area contributed by atoms with Crippen molar-refractivity contribution in [3.63, 3.8) is 0 Å². The van der Waals surface area contributed by atoms with Crippen molar-refractivity contribution in [2.75, 3.05) is 31.7 Å². The Morgan fingerprint density at radius 3 is 2.91 bits per heavy atom. The lowest BCUT2D eigenvalue weighted by Gasteiger charge is -2.33. The Morgan fingerprint density at radius 2 is 2.17 bits per heavy atom. The maximum Gasteiger partial charge on any atom is 0.227 e. The molecule has 0 aromatic heterocycles. The number of rotatable bonds is 6. The number of carbonyl (C=O) groups excluding carboxylic acids is 2. The predicted molar refractivity (Wildman–Crippen MR) is 87.7 cm³/mol. The molecular formula is C17H24N2O4. The van der Waals surface area contributed by atoms with Gasteiger partial charge in [-0.1, -0.05) is 6.07 Å². The predicted octanol–water partition coefficient (Wildman–Crippen LogP) is 1.65. The van der Waals surface area contributed by atoms with Gasteiger partial charge >= 0.3 is 0 Å². The van der Waals surface area contributed by atoms with E-state index in [4.69, 9.17) is 9.47 Å². The van der Waals surface area contributed by atoms with Crippen molar-refractivity contribution in [2.24, 2.45) is 0 Å². The van der Waals surface area contributed by atoms with E-state index in [1.54, 1.807) is 12.0 Å². The molecule has 1 heterocycles. The number of fused-ring (bicyclic) bond motifs is 1. The second-order valence-corrected chi connectivity index (χ2v) is 5.75. The third kappa shape index (κ3) is 4.69. The zero-order valence-corrected chi connectivity index (χ0v) is 13.9. The smallest absolute Gasteiger partial charge is 0.227 e. The highest BCUT2D eigenvalue weighted by Gasteiger charge is 2.27. The van der Waals surface area contributed by atoms with Gasteiger partial charge in [-0.2, -0.15) is 0 Å². The standard InChI is InChI=1S/C17H24N2O4/c1-12-4-5-15-14(10-12)19(11-13(2)23-15)17(21)7-6-16(20)18-8-9-22-3/h4-5,10,13H,6-9,11H2,1-3H3,(H,18,20)/t13-/m1/s1. The minimum Gasteiger partial charge on any atom is -0.487 e. The topological polar surface area (TPSA) is 67.9 Å². The quantitative estimate of drug-likeness (QED) is 0.809. The fraction of sp³-hybridized carbons (Fsp3) is 0.529. The normalized spacial score (nSPS) is 16.5. The molecule has 0 unspecified atom stereocenters. The van der Waals surface area contributed by atoms with Gasteiger partial charge in [0.15, 0.2) is 0 Å². The van der Waals surface area contributed by atoms with Crippen LogP contribution in [0.4, 0.5) is 5.69 Å². The van der Waals surface area contributed by atoms with Crippen LogP contribution in [0.1, 0.15) is 25.3 Å². The van der Waals surface area contributed by atoms with E-state index >= 15 is 0 Å². The number of aryl methyl sites for hydroxylation is 1. The van der Waals surface area contributed by atoms with Crippen LogP contribution < -0.4 is 15.0 Å². The SMILES string of the molecule is COCCNC(=O)CCC(=O)N1C[C@@H](C)Oc2ccc(C)cc21. The number of nitrogens with one attached hydrogen (secondary N) is 1. The number of benzene rings is 1. The van der Waals surface area contributed by atoms with Crippen LogP contribution in [0.3, 0.4) is 0 Å². The Balaban J connectivity index is 1.97. The molecule has 6 heteroatoms. The minimum absolute atomic E-state index is 0.0612. The maximum atomic E-state index is 12.5. The van der Waals surface area contributed by atoms with Gasteiger partial charge < -0.3 is 19.7 Å². The van der Waals surface area contributed by atoms with E-state index in [9.17, 15) is 9.59 Å². The molecule has 0 saturated heterocycles. The van der Waals surface area contributed by atoms with Gasteiger partial charge in [-0.3, -0.25) is 9.59 Å². The fourth-order valence-electron chi connectivity index (χ4n) is 2.52. The molecule has 126 valence electrons. The molecule has 0 saturated carbocycles. The molecule has 1 aliphatic heterocycles. The van der Waals surface area contributed by atoms with Crippen molar-refractivity contribution in [3.8, 4) is 5.75 Å². The summed E-state index contributed by atoms with van der Waals surface area (Å²) in [6, 6.07) is 5.79. The molecule has 1 N–H and O–H groups in total. The van der Waals surface area contributed by atoms with E-state index in [0.29, 0.717) is 25.4 Å². The number of methoxy groups -OCH3 is 1. The van der Waals surface area contributed by atoms with E-state index in [1.165, 1.54) is 0 Å². The molecule has 1 aliphatic rings. The number of carbonyl (C=O) groups is 2. The zero-order valence-electron chi connectivity index (χ0n) is 13.9. The largest absolute Gasteiger partial charge is 0.487 e. The van der Waals surface area contributed by atoms with Crippen molar-refractivity contribution >= 4 is 17.5 Å². The molecule has 6 nitrogen and oxygen atoms in total. The van der Waals surface area contributed by atoms with Gasteiger partial charge in [-0.25, -0.2) is 0 Å². The average molecular weight is 320 g/mol. The van der Waals surface area contributed by atoms with Crippen molar-refractivity contribution in [2.45, 2.75) is 32.8 Å². The molecule has 2 rings (SSSR count).